The quantitative estimate of drug-likeness (QED) is 0.618. The summed E-state index contributed by atoms with van der Waals surface area (Å²) in [7, 11) is 1.35. The number of hydrazone groups is 1. The predicted molar refractivity (Wildman–Crippen MR) is 79.1 cm³/mol. The summed E-state index contributed by atoms with van der Waals surface area (Å²) in [5.74, 6) is -0.290. The zero-order valence-corrected chi connectivity index (χ0v) is 11.7. The lowest BCUT2D eigenvalue weighted by Gasteiger charge is -2.10. The van der Waals surface area contributed by atoms with E-state index in [0.717, 1.165) is 10.1 Å². The molecule has 114 valence electrons. The summed E-state index contributed by atoms with van der Waals surface area (Å²) in [4.78, 5) is 25.5. The Balaban J connectivity index is 1.95. The lowest BCUT2D eigenvalue weighted by atomic mass is 10.00. The van der Waals surface area contributed by atoms with E-state index in [1.54, 1.807) is 18.2 Å². The highest BCUT2D eigenvalue weighted by molar-refractivity contribution is 6.03. The van der Waals surface area contributed by atoms with Gasteiger partial charge >= 0.3 is 5.69 Å². The van der Waals surface area contributed by atoms with Crippen LogP contribution < -0.4 is 16.7 Å². The van der Waals surface area contributed by atoms with E-state index in [1.807, 2.05) is 6.07 Å². The van der Waals surface area contributed by atoms with Gasteiger partial charge in [0.05, 0.1) is 11.8 Å². The molecule has 0 fully saturated rings. The van der Waals surface area contributed by atoms with Gasteiger partial charge in [-0.3, -0.25) is 14.3 Å². The summed E-state index contributed by atoms with van der Waals surface area (Å²) in [6.07, 6.45) is 0.346. The number of aromatic nitrogens is 2. The van der Waals surface area contributed by atoms with Crippen LogP contribution in [-0.4, -0.2) is 25.5 Å². The monoisotopic (exact) mass is 302 g/mol. The van der Waals surface area contributed by atoms with Crippen molar-refractivity contribution in [3.8, 4) is 11.6 Å². The van der Waals surface area contributed by atoms with Crippen molar-refractivity contribution in [1.82, 2.24) is 15.0 Å². The fraction of sp³-hybridized carbons (Fsp3) is 0.214. The van der Waals surface area contributed by atoms with Crippen LogP contribution in [0, 0.1) is 0 Å². The Hall–Kier alpha value is -3.03. The Morgan fingerprint density at radius 2 is 2.09 bits per heavy atom. The molecule has 2 aromatic rings. The molecule has 0 aliphatic carbocycles. The minimum atomic E-state index is -0.692. The van der Waals surface area contributed by atoms with Crippen molar-refractivity contribution in [3.05, 3.63) is 56.2 Å². The summed E-state index contributed by atoms with van der Waals surface area (Å²) in [5, 5.41) is 23.6. The number of H-pyrrole nitrogens is 1. The number of phenols is 1. The topological polar surface area (TPSA) is 120 Å². The number of hydrogen-bond donors (Lipinski definition) is 4. The van der Waals surface area contributed by atoms with Gasteiger partial charge in [-0.1, -0.05) is 12.1 Å². The lowest BCUT2D eigenvalue weighted by molar-refractivity contribution is 0.416. The molecule has 0 radical (unpaired) electrons. The average Bonchev–Trinajstić information content (AvgIpc) is 2.94. The molecule has 8 nitrogen and oxygen atoms in total. The molecule has 2 heterocycles. The van der Waals surface area contributed by atoms with Crippen molar-refractivity contribution in [3.63, 3.8) is 0 Å². The first-order valence-electron chi connectivity index (χ1n) is 6.61. The molecule has 1 aromatic heterocycles. The molecule has 0 saturated carbocycles. The van der Waals surface area contributed by atoms with Gasteiger partial charge in [0.25, 0.3) is 5.56 Å². The maximum Gasteiger partial charge on any atom is 0.330 e. The van der Waals surface area contributed by atoms with Crippen molar-refractivity contribution in [2.75, 3.05) is 0 Å². The molecule has 1 aliphatic heterocycles. The van der Waals surface area contributed by atoms with Crippen LogP contribution >= 0.6 is 0 Å². The van der Waals surface area contributed by atoms with Crippen molar-refractivity contribution in [2.24, 2.45) is 12.1 Å². The van der Waals surface area contributed by atoms with Crippen molar-refractivity contribution in [2.45, 2.75) is 12.5 Å². The van der Waals surface area contributed by atoms with Crippen molar-refractivity contribution in [1.29, 1.82) is 0 Å². The molecule has 1 atom stereocenters. The maximum absolute atomic E-state index is 11.9. The van der Waals surface area contributed by atoms with Gasteiger partial charge < -0.3 is 15.6 Å². The number of aromatic amines is 1. The SMILES string of the molecule is Cn1c(O)c(C2=NN[C@@H](c3cccc(O)c3)C2)c(=O)[nH]c1=O. The Morgan fingerprint density at radius 1 is 1.32 bits per heavy atom. The Morgan fingerprint density at radius 3 is 2.82 bits per heavy atom. The van der Waals surface area contributed by atoms with Gasteiger partial charge in [-0.05, 0) is 17.7 Å². The Kier molecular flexibility index (Phi) is 3.21. The Bertz CT molecular complexity index is 881. The molecular formula is C14H14N4O4. The molecule has 8 heteroatoms. The molecule has 3 rings (SSSR count). The largest absolute Gasteiger partial charge is 0.508 e. The van der Waals surface area contributed by atoms with E-state index < -0.39 is 17.1 Å². The molecule has 0 saturated heterocycles. The normalized spacial score (nSPS) is 17.1. The standard InChI is InChI=1S/C14H14N4O4/c1-18-13(21)11(12(20)15-14(18)22)10-6-9(16-17-10)7-3-2-4-8(19)5-7/h2-5,9,16,19,21H,6H2,1H3,(H,15,20,22)/t9-/m1/s1. The number of rotatable bonds is 2. The van der Waals surface area contributed by atoms with Crippen LogP contribution in [0.1, 0.15) is 23.6 Å². The van der Waals surface area contributed by atoms with Gasteiger partial charge in [0.2, 0.25) is 5.88 Å². The van der Waals surface area contributed by atoms with Gasteiger partial charge in [0, 0.05) is 13.5 Å². The zero-order chi connectivity index (χ0) is 15.9. The first-order valence-corrected chi connectivity index (χ1v) is 6.61. The number of nitrogens with one attached hydrogen (secondary N) is 2. The van der Waals surface area contributed by atoms with Crippen LogP contribution in [0.3, 0.4) is 0 Å². The molecule has 0 spiro atoms. The minimum Gasteiger partial charge on any atom is -0.508 e. The second kappa shape index (κ2) is 5.06. The van der Waals surface area contributed by atoms with E-state index >= 15 is 0 Å². The van der Waals surface area contributed by atoms with Crippen LogP contribution in [0.25, 0.3) is 0 Å². The predicted octanol–water partition coefficient (Wildman–Crippen LogP) is -0.0765. The molecule has 0 amide bonds. The van der Waals surface area contributed by atoms with Crippen LogP contribution in [0.5, 0.6) is 11.6 Å². The van der Waals surface area contributed by atoms with Gasteiger partial charge in [-0.2, -0.15) is 5.10 Å². The first-order chi connectivity index (χ1) is 10.5. The summed E-state index contributed by atoms with van der Waals surface area (Å²) in [6, 6.07) is 6.46. The highest BCUT2D eigenvalue weighted by atomic mass is 16.3. The number of phenolic OH excluding ortho intramolecular Hbond substituents is 1. The fourth-order valence-corrected chi connectivity index (χ4v) is 2.40. The molecule has 22 heavy (non-hydrogen) atoms. The number of aromatic hydroxyl groups is 2. The van der Waals surface area contributed by atoms with Crippen LogP contribution in [-0.2, 0) is 7.05 Å². The third-order valence-electron chi connectivity index (χ3n) is 3.61. The van der Waals surface area contributed by atoms with Gasteiger partial charge in [-0.15, -0.1) is 0 Å². The molecule has 1 aliphatic rings. The smallest absolute Gasteiger partial charge is 0.330 e. The van der Waals surface area contributed by atoms with E-state index in [4.69, 9.17) is 0 Å². The highest BCUT2D eigenvalue weighted by Crippen LogP contribution is 2.27. The van der Waals surface area contributed by atoms with Crippen LogP contribution in [0.2, 0.25) is 0 Å². The minimum absolute atomic E-state index is 0.0303. The van der Waals surface area contributed by atoms with Gasteiger partial charge in [0.15, 0.2) is 0 Å². The van der Waals surface area contributed by atoms with Crippen LogP contribution in [0.15, 0.2) is 39.0 Å². The third-order valence-corrected chi connectivity index (χ3v) is 3.61. The second-order valence-corrected chi connectivity index (χ2v) is 5.06. The third kappa shape index (κ3) is 2.24. The lowest BCUT2D eigenvalue weighted by Crippen LogP contribution is -2.32. The summed E-state index contributed by atoms with van der Waals surface area (Å²) in [6.45, 7) is 0. The van der Waals surface area contributed by atoms with Gasteiger partial charge in [0.1, 0.15) is 11.3 Å². The summed E-state index contributed by atoms with van der Waals surface area (Å²) in [5.41, 5.74) is 2.61. The summed E-state index contributed by atoms with van der Waals surface area (Å²) < 4.78 is 0.945. The van der Waals surface area contributed by atoms with E-state index in [0.29, 0.717) is 12.1 Å². The first kappa shape index (κ1) is 13.9. The molecule has 4 N–H and O–H groups in total. The Labute approximate surface area is 124 Å². The molecular weight excluding hydrogens is 288 g/mol. The van der Waals surface area contributed by atoms with Crippen molar-refractivity contribution >= 4 is 5.71 Å². The van der Waals surface area contributed by atoms with E-state index in [9.17, 15) is 19.8 Å². The summed E-state index contributed by atoms with van der Waals surface area (Å²) >= 11 is 0. The van der Waals surface area contributed by atoms with Crippen molar-refractivity contribution < 1.29 is 10.2 Å². The second-order valence-electron chi connectivity index (χ2n) is 5.06. The molecule has 1 aromatic carbocycles. The fourth-order valence-electron chi connectivity index (χ4n) is 2.40. The number of hydrogen-bond acceptors (Lipinski definition) is 6. The molecule has 0 unspecified atom stereocenters. The van der Waals surface area contributed by atoms with E-state index in [1.165, 1.54) is 7.05 Å². The maximum atomic E-state index is 11.9. The van der Waals surface area contributed by atoms with Crippen LogP contribution in [0.4, 0.5) is 0 Å². The van der Waals surface area contributed by atoms with E-state index in [2.05, 4.69) is 15.5 Å². The highest BCUT2D eigenvalue weighted by Gasteiger charge is 2.26. The van der Waals surface area contributed by atoms with Gasteiger partial charge in [-0.25, -0.2) is 4.79 Å². The van der Waals surface area contributed by atoms with E-state index in [-0.39, 0.29) is 17.4 Å². The number of benzene rings is 1. The zero-order valence-electron chi connectivity index (χ0n) is 11.7. The average molecular weight is 302 g/mol. The molecule has 0 bridgehead atoms. The number of nitrogens with zero attached hydrogens (tertiary/aromatic N) is 2.